The fourth-order valence-corrected chi connectivity index (χ4v) is 3.19. The van der Waals surface area contributed by atoms with Gasteiger partial charge in [0.1, 0.15) is 0 Å². The molecule has 0 saturated carbocycles. The highest BCUT2D eigenvalue weighted by Crippen LogP contribution is 2.18. The summed E-state index contributed by atoms with van der Waals surface area (Å²) in [6.45, 7) is 7.79. The smallest absolute Gasteiger partial charge is 0.255 e. The second-order valence-electron chi connectivity index (χ2n) is 6.65. The Bertz CT molecular complexity index is 728. The van der Waals surface area contributed by atoms with Crippen LogP contribution in [-0.4, -0.2) is 64.0 Å². The van der Waals surface area contributed by atoms with Crippen LogP contribution in [-0.2, 0) is 4.74 Å². The number of amides is 1. The second kappa shape index (κ2) is 7.33. The zero-order valence-electron chi connectivity index (χ0n) is 15.1. The van der Waals surface area contributed by atoms with Gasteiger partial charge in [-0.2, -0.15) is 5.10 Å². The number of ether oxygens (including phenoxy) is 1. The van der Waals surface area contributed by atoms with E-state index in [1.54, 1.807) is 24.2 Å². The lowest BCUT2D eigenvalue weighted by molar-refractivity contribution is 0.0753. The summed E-state index contributed by atoms with van der Waals surface area (Å²) >= 11 is 0. The molecule has 1 N–H and O–H groups in total. The maximum absolute atomic E-state index is 12.7. The SMILES string of the molecule is CO[C@@H]1CN(C(C)C)C[C@H]1NC(=O)c1cnn(-c2ccccn2)c1C. The number of pyridine rings is 1. The van der Waals surface area contributed by atoms with E-state index in [1.807, 2.05) is 25.1 Å². The van der Waals surface area contributed by atoms with Crippen molar-refractivity contribution in [1.29, 1.82) is 0 Å². The highest BCUT2D eigenvalue weighted by atomic mass is 16.5. The standard InChI is InChI=1S/C18H25N5O2/c1-12(2)22-10-15(16(11-22)25-4)21-18(24)14-9-20-23(13(14)3)17-7-5-6-8-19-17/h5-9,12,15-16H,10-11H2,1-4H3,(H,21,24)/t15-,16-/m1/s1. The van der Waals surface area contributed by atoms with Crippen molar-refractivity contribution in [3.8, 4) is 5.82 Å². The van der Waals surface area contributed by atoms with Gasteiger partial charge in [-0.25, -0.2) is 9.67 Å². The van der Waals surface area contributed by atoms with Crippen LogP contribution in [0.1, 0.15) is 29.9 Å². The summed E-state index contributed by atoms with van der Waals surface area (Å²) in [6, 6.07) is 6.00. The van der Waals surface area contributed by atoms with Crippen molar-refractivity contribution in [2.75, 3.05) is 20.2 Å². The van der Waals surface area contributed by atoms with E-state index >= 15 is 0 Å². The molecule has 2 aromatic rings. The first kappa shape index (κ1) is 17.6. The molecule has 2 aromatic heterocycles. The summed E-state index contributed by atoms with van der Waals surface area (Å²) in [6.07, 6.45) is 3.30. The Morgan fingerprint density at radius 1 is 1.36 bits per heavy atom. The number of nitrogens with one attached hydrogen (secondary N) is 1. The van der Waals surface area contributed by atoms with Gasteiger partial charge >= 0.3 is 0 Å². The predicted molar refractivity (Wildman–Crippen MR) is 94.9 cm³/mol. The minimum atomic E-state index is -0.127. The van der Waals surface area contributed by atoms with Crippen molar-refractivity contribution in [1.82, 2.24) is 25.0 Å². The monoisotopic (exact) mass is 343 g/mol. The third-order valence-corrected chi connectivity index (χ3v) is 4.76. The molecule has 1 fully saturated rings. The molecule has 134 valence electrons. The fourth-order valence-electron chi connectivity index (χ4n) is 3.19. The third-order valence-electron chi connectivity index (χ3n) is 4.76. The molecule has 7 nitrogen and oxygen atoms in total. The van der Waals surface area contributed by atoms with Crippen molar-refractivity contribution >= 4 is 5.91 Å². The van der Waals surface area contributed by atoms with Gasteiger partial charge in [-0.05, 0) is 32.9 Å². The zero-order valence-corrected chi connectivity index (χ0v) is 15.1. The van der Waals surface area contributed by atoms with Gasteiger partial charge in [0.05, 0.1) is 29.6 Å². The van der Waals surface area contributed by atoms with E-state index in [2.05, 4.69) is 34.1 Å². The fraction of sp³-hybridized carbons (Fsp3) is 0.500. The van der Waals surface area contributed by atoms with Crippen LogP contribution in [0.3, 0.4) is 0 Å². The maximum Gasteiger partial charge on any atom is 0.255 e. The minimum Gasteiger partial charge on any atom is -0.378 e. The van der Waals surface area contributed by atoms with Gasteiger partial charge in [0.2, 0.25) is 0 Å². The van der Waals surface area contributed by atoms with Gasteiger partial charge in [-0.3, -0.25) is 9.69 Å². The Kier molecular flexibility index (Phi) is 5.15. The van der Waals surface area contributed by atoms with Crippen molar-refractivity contribution in [2.45, 2.75) is 39.0 Å². The largest absolute Gasteiger partial charge is 0.378 e. The third kappa shape index (κ3) is 3.57. The van der Waals surface area contributed by atoms with Gasteiger partial charge in [0, 0.05) is 32.4 Å². The molecule has 1 saturated heterocycles. The van der Waals surface area contributed by atoms with Crippen LogP contribution in [0.25, 0.3) is 5.82 Å². The molecule has 1 aliphatic rings. The Morgan fingerprint density at radius 2 is 2.16 bits per heavy atom. The molecule has 7 heteroatoms. The Balaban J connectivity index is 1.75. The first-order chi connectivity index (χ1) is 12.0. The van der Waals surface area contributed by atoms with Crippen LogP contribution in [0.4, 0.5) is 0 Å². The molecule has 0 aromatic carbocycles. The van der Waals surface area contributed by atoms with Gasteiger partial charge in [0.25, 0.3) is 5.91 Å². The molecular weight excluding hydrogens is 318 g/mol. The number of nitrogens with zero attached hydrogens (tertiary/aromatic N) is 4. The number of methoxy groups -OCH3 is 1. The van der Waals surface area contributed by atoms with Crippen LogP contribution < -0.4 is 5.32 Å². The molecule has 3 rings (SSSR count). The molecule has 0 spiro atoms. The molecule has 0 unspecified atom stereocenters. The van der Waals surface area contributed by atoms with Crippen molar-refractivity contribution in [3.63, 3.8) is 0 Å². The summed E-state index contributed by atoms with van der Waals surface area (Å²) in [5.41, 5.74) is 1.33. The topological polar surface area (TPSA) is 72.3 Å². The molecule has 3 heterocycles. The van der Waals surface area contributed by atoms with Gasteiger partial charge in [-0.15, -0.1) is 0 Å². The van der Waals surface area contributed by atoms with Crippen LogP contribution in [0.5, 0.6) is 0 Å². The van der Waals surface area contributed by atoms with Crippen LogP contribution in [0.2, 0.25) is 0 Å². The lowest BCUT2D eigenvalue weighted by atomic mass is 10.2. The number of hydrogen-bond donors (Lipinski definition) is 1. The summed E-state index contributed by atoms with van der Waals surface area (Å²) < 4.78 is 7.24. The molecule has 25 heavy (non-hydrogen) atoms. The number of aromatic nitrogens is 3. The van der Waals surface area contributed by atoms with E-state index in [1.165, 1.54) is 0 Å². The molecule has 0 aliphatic carbocycles. The highest BCUT2D eigenvalue weighted by molar-refractivity contribution is 5.95. The summed E-state index contributed by atoms with van der Waals surface area (Å²) in [5.74, 6) is 0.568. The average Bonchev–Trinajstić information content (AvgIpc) is 3.19. The lowest BCUT2D eigenvalue weighted by Gasteiger charge is -2.20. The van der Waals surface area contributed by atoms with Gasteiger partial charge < -0.3 is 10.1 Å². The molecule has 1 amide bonds. The number of hydrogen-bond acceptors (Lipinski definition) is 5. The second-order valence-corrected chi connectivity index (χ2v) is 6.65. The first-order valence-corrected chi connectivity index (χ1v) is 8.55. The Labute approximate surface area is 148 Å². The van der Waals surface area contributed by atoms with E-state index in [9.17, 15) is 4.79 Å². The number of rotatable bonds is 5. The zero-order chi connectivity index (χ0) is 18.0. The van der Waals surface area contributed by atoms with Gasteiger partial charge in [0.15, 0.2) is 5.82 Å². The van der Waals surface area contributed by atoms with Crippen molar-refractivity contribution in [2.24, 2.45) is 0 Å². The highest BCUT2D eigenvalue weighted by Gasteiger charge is 2.35. The van der Waals surface area contributed by atoms with Crippen molar-refractivity contribution in [3.05, 3.63) is 41.9 Å². The quantitative estimate of drug-likeness (QED) is 0.889. The molecular formula is C18H25N5O2. The van der Waals surface area contributed by atoms with Crippen molar-refractivity contribution < 1.29 is 9.53 Å². The predicted octanol–water partition coefficient (Wildman–Crippen LogP) is 1.41. The maximum atomic E-state index is 12.7. The Hall–Kier alpha value is -2.25. The van der Waals surface area contributed by atoms with E-state index < -0.39 is 0 Å². The van der Waals surface area contributed by atoms with E-state index in [-0.39, 0.29) is 18.1 Å². The normalized spacial score (nSPS) is 21.0. The summed E-state index contributed by atoms with van der Waals surface area (Å²) in [7, 11) is 1.69. The molecule has 2 atom stereocenters. The van der Waals surface area contributed by atoms with Crippen LogP contribution >= 0.6 is 0 Å². The summed E-state index contributed by atoms with van der Waals surface area (Å²) in [5, 5.41) is 7.42. The molecule has 0 bridgehead atoms. The first-order valence-electron chi connectivity index (χ1n) is 8.55. The molecule has 0 radical (unpaired) electrons. The molecule has 1 aliphatic heterocycles. The summed E-state index contributed by atoms with van der Waals surface area (Å²) in [4.78, 5) is 19.3. The Morgan fingerprint density at radius 3 is 2.80 bits per heavy atom. The number of carbonyl (C=O) groups excluding carboxylic acids is 1. The lowest BCUT2D eigenvalue weighted by Crippen LogP contribution is -2.43. The van der Waals surface area contributed by atoms with Crippen LogP contribution in [0, 0.1) is 6.92 Å². The van der Waals surface area contributed by atoms with E-state index in [4.69, 9.17) is 4.74 Å². The minimum absolute atomic E-state index is 0.00232. The number of likely N-dealkylation sites (tertiary alicyclic amines) is 1. The van der Waals surface area contributed by atoms with E-state index in [0.717, 1.165) is 18.8 Å². The average molecular weight is 343 g/mol. The van der Waals surface area contributed by atoms with E-state index in [0.29, 0.717) is 17.4 Å². The van der Waals surface area contributed by atoms with Gasteiger partial charge in [-0.1, -0.05) is 6.07 Å². The van der Waals surface area contributed by atoms with Crippen LogP contribution in [0.15, 0.2) is 30.6 Å². The number of carbonyl (C=O) groups is 1.